The van der Waals surface area contributed by atoms with E-state index in [-0.39, 0.29) is 11.9 Å². The fourth-order valence-electron chi connectivity index (χ4n) is 1.55. The van der Waals surface area contributed by atoms with Crippen LogP contribution in [0, 0.1) is 5.82 Å². The van der Waals surface area contributed by atoms with E-state index in [0.29, 0.717) is 24.3 Å². The predicted octanol–water partition coefficient (Wildman–Crippen LogP) is 1.35. The Balaban J connectivity index is 2.32. The standard InChI is InChI=1S/C10H12FNO/c1-12-7-5-8-9(11)3-2-4-10(8)13-6-7/h2-4,7,12H,5-6H2,1H3. The molecule has 13 heavy (non-hydrogen) atoms. The largest absolute Gasteiger partial charge is 0.492 e. The van der Waals surface area contributed by atoms with Crippen molar-refractivity contribution >= 4 is 0 Å². The maximum absolute atomic E-state index is 13.3. The van der Waals surface area contributed by atoms with Gasteiger partial charge in [-0.1, -0.05) is 6.07 Å². The summed E-state index contributed by atoms with van der Waals surface area (Å²) >= 11 is 0. The van der Waals surface area contributed by atoms with Crippen LogP contribution in [0.3, 0.4) is 0 Å². The second-order valence-corrected chi connectivity index (χ2v) is 3.22. The summed E-state index contributed by atoms with van der Waals surface area (Å²) in [4.78, 5) is 0. The average molecular weight is 181 g/mol. The summed E-state index contributed by atoms with van der Waals surface area (Å²) < 4.78 is 18.7. The SMILES string of the molecule is CNC1COc2cccc(F)c2C1. The molecule has 3 heteroatoms. The molecule has 0 fully saturated rings. The van der Waals surface area contributed by atoms with Gasteiger partial charge in [0.1, 0.15) is 18.2 Å². The third kappa shape index (κ3) is 1.52. The normalized spacial score (nSPS) is 20.6. The number of fused-ring (bicyclic) bond motifs is 1. The summed E-state index contributed by atoms with van der Waals surface area (Å²) in [6, 6.07) is 5.18. The molecule has 0 aromatic heterocycles. The Bertz CT molecular complexity index is 314. The second kappa shape index (κ2) is 3.34. The highest BCUT2D eigenvalue weighted by atomic mass is 19.1. The lowest BCUT2D eigenvalue weighted by Crippen LogP contribution is -2.37. The smallest absolute Gasteiger partial charge is 0.130 e. The van der Waals surface area contributed by atoms with Gasteiger partial charge in [0.2, 0.25) is 0 Å². The molecule has 1 unspecified atom stereocenters. The van der Waals surface area contributed by atoms with E-state index in [2.05, 4.69) is 5.32 Å². The molecule has 1 N–H and O–H groups in total. The number of nitrogens with one attached hydrogen (secondary N) is 1. The summed E-state index contributed by atoms with van der Waals surface area (Å²) in [6.45, 7) is 0.618. The van der Waals surface area contributed by atoms with Gasteiger partial charge in [0, 0.05) is 11.6 Å². The highest BCUT2D eigenvalue weighted by molar-refractivity contribution is 5.36. The first-order valence-electron chi connectivity index (χ1n) is 4.38. The first kappa shape index (κ1) is 8.51. The number of halogens is 1. The van der Waals surface area contributed by atoms with Gasteiger partial charge in [0.25, 0.3) is 0 Å². The van der Waals surface area contributed by atoms with Crippen molar-refractivity contribution in [2.75, 3.05) is 13.7 Å². The summed E-state index contributed by atoms with van der Waals surface area (Å²) in [5.74, 6) is 0.518. The van der Waals surface area contributed by atoms with Crippen molar-refractivity contribution < 1.29 is 9.13 Å². The van der Waals surface area contributed by atoms with Gasteiger partial charge in [-0.25, -0.2) is 4.39 Å². The van der Waals surface area contributed by atoms with Crippen molar-refractivity contribution in [3.05, 3.63) is 29.6 Å². The molecule has 2 rings (SSSR count). The molecule has 2 nitrogen and oxygen atoms in total. The van der Waals surface area contributed by atoms with Crippen LogP contribution in [0.4, 0.5) is 4.39 Å². The minimum atomic E-state index is -0.169. The molecule has 0 bridgehead atoms. The van der Waals surface area contributed by atoms with Gasteiger partial charge in [0.05, 0.1) is 0 Å². The van der Waals surface area contributed by atoms with Crippen LogP contribution < -0.4 is 10.1 Å². The van der Waals surface area contributed by atoms with Crippen molar-refractivity contribution in [1.29, 1.82) is 0 Å². The molecular weight excluding hydrogens is 169 g/mol. The molecule has 1 aliphatic heterocycles. The third-order valence-electron chi connectivity index (χ3n) is 2.37. The fourth-order valence-corrected chi connectivity index (χ4v) is 1.55. The Morgan fingerprint density at radius 1 is 1.54 bits per heavy atom. The Kier molecular flexibility index (Phi) is 2.19. The van der Waals surface area contributed by atoms with E-state index in [1.807, 2.05) is 13.1 Å². The molecule has 70 valence electrons. The van der Waals surface area contributed by atoms with Crippen molar-refractivity contribution in [1.82, 2.24) is 5.32 Å². The van der Waals surface area contributed by atoms with Gasteiger partial charge < -0.3 is 10.1 Å². The zero-order valence-electron chi connectivity index (χ0n) is 7.51. The van der Waals surface area contributed by atoms with Gasteiger partial charge in [-0.2, -0.15) is 0 Å². The van der Waals surface area contributed by atoms with Crippen LogP contribution in [-0.2, 0) is 6.42 Å². The topological polar surface area (TPSA) is 21.3 Å². The molecule has 1 atom stereocenters. The lowest BCUT2D eigenvalue weighted by molar-refractivity contribution is 0.242. The molecule has 0 radical (unpaired) electrons. The summed E-state index contributed by atoms with van der Waals surface area (Å²) in [7, 11) is 1.86. The van der Waals surface area contributed by atoms with Gasteiger partial charge >= 0.3 is 0 Å². The Morgan fingerprint density at radius 2 is 2.38 bits per heavy atom. The predicted molar refractivity (Wildman–Crippen MR) is 48.4 cm³/mol. The summed E-state index contributed by atoms with van der Waals surface area (Å²) in [6.07, 6.45) is 0.707. The molecular formula is C10H12FNO. The monoisotopic (exact) mass is 181 g/mol. The third-order valence-corrected chi connectivity index (χ3v) is 2.37. The number of ether oxygens (including phenoxy) is 1. The number of rotatable bonds is 1. The number of hydrogen-bond acceptors (Lipinski definition) is 2. The number of hydrogen-bond donors (Lipinski definition) is 1. The summed E-state index contributed by atoms with van der Waals surface area (Å²) in [5, 5.41) is 3.08. The van der Waals surface area contributed by atoms with Crippen LogP contribution in [0.5, 0.6) is 5.75 Å². The van der Waals surface area contributed by atoms with Gasteiger partial charge in [-0.05, 0) is 25.6 Å². The van der Waals surface area contributed by atoms with Crippen LogP contribution in [-0.4, -0.2) is 19.7 Å². The average Bonchev–Trinajstić information content (AvgIpc) is 2.18. The van der Waals surface area contributed by atoms with Crippen LogP contribution in [0.2, 0.25) is 0 Å². The molecule has 1 aromatic carbocycles. The minimum Gasteiger partial charge on any atom is -0.492 e. The van der Waals surface area contributed by atoms with Crippen molar-refractivity contribution in [2.45, 2.75) is 12.5 Å². The number of benzene rings is 1. The zero-order chi connectivity index (χ0) is 9.26. The molecule has 1 aliphatic rings. The van der Waals surface area contributed by atoms with Crippen LogP contribution in [0.1, 0.15) is 5.56 Å². The van der Waals surface area contributed by atoms with Crippen LogP contribution in [0.25, 0.3) is 0 Å². The van der Waals surface area contributed by atoms with E-state index in [0.717, 1.165) is 0 Å². The van der Waals surface area contributed by atoms with E-state index in [1.165, 1.54) is 6.07 Å². The lowest BCUT2D eigenvalue weighted by atomic mass is 10.0. The van der Waals surface area contributed by atoms with Gasteiger partial charge in [-0.3, -0.25) is 0 Å². The van der Waals surface area contributed by atoms with Crippen LogP contribution in [0.15, 0.2) is 18.2 Å². The summed E-state index contributed by atoms with van der Waals surface area (Å²) in [5.41, 5.74) is 0.688. The molecule has 1 aromatic rings. The van der Waals surface area contributed by atoms with Crippen molar-refractivity contribution in [3.63, 3.8) is 0 Å². The Hall–Kier alpha value is -1.09. The molecule has 0 aliphatic carbocycles. The fraction of sp³-hybridized carbons (Fsp3) is 0.400. The van der Waals surface area contributed by atoms with Gasteiger partial charge in [0.15, 0.2) is 0 Å². The first-order valence-corrected chi connectivity index (χ1v) is 4.38. The second-order valence-electron chi connectivity index (χ2n) is 3.22. The van der Waals surface area contributed by atoms with Crippen molar-refractivity contribution in [3.8, 4) is 5.75 Å². The van der Waals surface area contributed by atoms with E-state index in [1.54, 1.807) is 6.07 Å². The molecule has 0 amide bonds. The Labute approximate surface area is 76.7 Å². The van der Waals surface area contributed by atoms with E-state index < -0.39 is 0 Å². The van der Waals surface area contributed by atoms with E-state index in [9.17, 15) is 4.39 Å². The number of likely N-dealkylation sites (N-methyl/N-ethyl adjacent to an activating group) is 1. The highest BCUT2D eigenvalue weighted by Gasteiger charge is 2.20. The van der Waals surface area contributed by atoms with E-state index in [4.69, 9.17) is 4.74 Å². The maximum atomic E-state index is 13.3. The maximum Gasteiger partial charge on any atom is 0.130 e. The molecule has 1 heterocycles. The van der Waals surface area contributed by atoms with Crippen LogP contribution >= 0.6 is 0 Å². The van der Waals surface area contributed by atoms with E-state index >= 15 is 0 Å². The lowest BCUT2D eigenvalue weighted by Gasteiger charge is -2.24. The minimum absolute atomic E-state index is 0.169. The molecule has 0 saturated heterocycles. The first-order chi connectivity index (χ1) is 6.31. The van der Waals surface area contributed by atoms with Gasteiger partial charge in [-0.15, -0.1) is 0 Å². The quantitative estimate of drug-likeness (QED) is 0.706. The molecule has 0 saturated carbocycles. The highest BCUT2D eigenvalue weighted by Crippen LogP contribution is 2.26. The zero-order valence-corrected chi connectivity index (χ0v) is 7.51. The molecule has 0 spiro atoms. The Morgan fingerprint density at radius 3 is 3.15 bits per heavy atom. The van der Waals surface area contributed by atoms with Crippen molar-refractivity contribution in [2.24, 2.45) is 0 Å².